The number of rotatable bonds is 5. The maximum absolute atomic E-state index is 11.6. The van der Waals surface area contributed by atoms with Crippen molar-refractivity contribution in [1.82, 2.24) is 9.97 Å². The number of ether oxygens (including phenoxy) is 1. The summed E-state index contributed by atoms with van der Waals surface area (Å²) in [4.78, 5) is 21.2. The van der Waals surface area contributed by atoms with Crippen molar-refractivity contribution < 1.29 is 9.53 Å². The van der Waals surface area contributed by atoms with E-state index in [1.54, 1.807) is 29.8 Å². The van der Waals surface area contributed by atoms with E-state index in [-0.39, 0.29) is 6.10 Å². The van der Waals surface area contributed by atoms with Gasteiger partial charge in [0.25, 0.3) is 0 Å². The van der Waals surface area contributed by atoms with Crippen LogP contribution in [0.2, 0.25) is 0 Å². The number of carbonyl (C=O) groups is 1. The van der Waals surface area contributed by atoms with Crippen LogP contribution in [0.5, 0.6) is 5.75 Å². The second-order valence-corrected chi connectivity index (χ2v) is 7.40. The van der Waals surface area contributed by atoms with Gasteiger partial charge >= 0.3 is 0 Å². The molecule has 1 amide bonds. The number of fused-ring (bicyclic) bond motifs is 1. The van der Waals surface area contributed by atoms with Crippen molar-refractivity contribution in [3.8, 4) is 5.75 Å². The van der Waals surface area contributed by atoms with Crippen molar-refractivity contribution in [2.45, 2.75) is 38.7 Å². The van der Waals surface area contributed by atoms with Crippen LogP contribution < -0.4 is 15.8 Å². The highest BCUT2D eigenvalue weighted by molar-refractivity contribution is 7.17. The molecule has 0 spiro atoms. The van der Waals surface area contributed by atoms with Crippen LogP contribution in [0, 0.1) is 6.92 Å². The molecule has 0 saturated heterocycles. The zero-order valence-corrected chi connectivity index (χ0v) is 15.3. The number of primary amides is 1. The maximum Gasteiger partial charge on any atom is 0.248 e. The summed E-state index contributed by atoms with van der Waals surface area (Å²) in [5.74, 6) is 0.899. The molecule has 2 aromatic heterocycles. The molecule has 0 aliphatic heterocycles. The number of hydrogen-bond donors (Lipinski definition) is 2. The first kappa shape index (κ1) is 16.8. The van der Waals surface area contributed by atoms with Crippen molar-refractivity contribution in [2.24, 2.45) is 5.73 Å². The highest BCUT2D eigenvalue weighted by atomic mass is 32.1. The van der Waals surface area contributed by atoms with E-state index in [0.29, 0.717) is 11.3 Å². The largest absolute Gasteiger partial charge is 0.488 e. The van der Waals surface area contributed by atoms with E-state index in [1.165, 1.54) is 12.8 Å². The lowest BCUT2D eigenvalue weighted by molar-refractivity contribution is 0.0999. The normalized spacial score (nSPS) is 14.7. The number of anilines is 2. The molecule has 6 nitrogen and oxygen atoms in total. The third-order valence-electron chi connectivity index (χ3n) is 4.67. The van der Waals surface area contributed by atoms with Gasteiger partial charge in [0.2, 0.25) is 5.91 Å². The molecule has 3 N–H and O–H groups in total. The fraction of sp³-hybridized carbons (Fsp3) is 0.316. The van der Waals surface area contributed by atoms with Gasteiger partial charge < -0.3 is 15.8 Å². The summed E-state index contributed by atoms with van der Waals surface area (Å²) in [6, 6.07) is 5.23. The Hall–Kier alpha value is -2.67. The van der Waals surface area contributed by atoms with Gasteiger partial charge in [0.1, 0.15) is 22.7 Å². The molecular weight excluding hydrogens is 348 g/mol. The van der Waals surface area contributed by atoms with Gasteiger partial charge in [-0.05, 0) is 61.7 Å². The molecule has 26 heavy (non-hydrogen) atoms. The van der Waals surface area contributed by atoms with Crippen LogP contribution >= 0.6 is 11.3 Å². The van der Waals surface area contributed by atoms with E-state index in [1.807, 2.05) is 13.0 Å². The number of nitrogens with one attached hydrogen (secondary N) is 1. The Kier molecular flexibility index (Phi) is 4.46. The molecule has 0 unspecified atom stereocenters. The fourth-order valence-corrected chi connectivity index (χ4v) is 4.19. The highest BCUT2D eigenvalue weighted by Gasteiger charge is 2.20. The number of aromatic nitrogens is 2. The Bertz CT molecular complexity index is 963. The summed E-state index contributed by atoms with van der Waals surface area (Å²) in [6.07, 6.45) is 6.12. The number of benzene rings is 1. The lowest BCUT2D eigenvalue weighted by atomic mass is 10.1. The van der Waals surface area contributed by atoms with Gasteiger partial charge in [-0.15, -0.1) is 11.3 Å². The van der Waals surface area contributed by atoms with Gasteiger partial charge in [-0.2, -0.15) is 0 Å². The monoisotopic (exact) mass is 368 g/mol. The quantitative estimate of drug-likeness (QED) is 0.705. The average Bonchev–Trinajstić information content (AvgIpc) is 3.27. The Balaban J connectivity index is 1.72. The molecule has 134 valence electrons. The first-order valence-electron chi connectivity index (χ1n) is 8.68. The average molecular weight is 368 g/mol. The van der Waals surface area contributed by atoms with Crippen molar-refractivity contribution >= 4 is 39.0 Å². The second kappa shape index (κ2) is 6.92. The molecule has 1 fully saturated rings. The Labute approximate surface area is 155 Å². The lowest BCUT2D eigenvalue weighted by Gasteiger charge is -2.18. The standard InChI is InChI=1S/C19H20N4O2S/c1-11-9-26-19-16(11)18(21-10-22-19)23-14-7-6-12(17(20)24)8-15(14)25-13-4-2-3-5-13/h6-10,13H,2-5H2,1H3,(H2,20,24)(H,21,22,23). The van der Waals surface area contributed by atoms with Gasteiger partial charge in [-0.3, -0.25) is 4.79 Å². The highest BCUT2D eigenvalue weighted by Crippen LogP contribution is 2.35. The molecule has 7 heteroatoms. The van der Waals surface area contributed by atoms with Gasteiger partial charge in [0.05, 0.1) is 17.2 Å². The van der Waals surface area contributed by atoms with E-state index >= 15 is 0 Å². The molecule has 0 radical (unpaired) electrons. The van der Waals surface area contributed by atoms with E-state index in [0.717, 1.165) is 40.1 Å². The zero-order valence-electron chi connectivity index (χ0n) is 14.5. The Morgan fingerprint density at radius 1 is 1.31 bits per heavy atom. The maximum atomic E-state index is 11.6. The first-order valence-corrected chi connectivity index (χ1v) is 9.56. The van der Waals surface area contributed by atoms with E-state index < -0.39 is 5.91 Å². The molecule has 2 heterocycles. The molecule has 0 atom stereocenters. The summed E-state index contributed by atoms with van der Waals surface area (Å²) in [5.41, 5.74) is 7.77. The predicted molar refractivity (Wildman–Crippen MR) is 103 cm³/mol. The van der Waals surface area contributed by atoms with Crippen LogP contribution in [0.1, 0.15) is 41.6 Å². The fourth-order valence-electron chi connectivity index (χ4n) is 3.30. The summed E-state index contributed by atoms with van der Waals surface area (Å²) in [5, 5.41) is 6.43. The minimum absolute atomic E-state index is 0.173. The topological polar surface area (TPSA) is 90.1 Å². The van der Waals surface area contributed by atoms with Crippen LogP contribution in [0.15, 0.2) is 29.9 Å². The number of nitrogens with two attached hydrogens (primary N) is 1. The molecule has 3 aromatic rings. The van der Waals surface area contributed by atoms with E-state index in [9.17, 15) is 4.79 Å². The summed E-state index contributed by atoms with van der Waals surface area (Å²) >= 11 is 1.59. The predicted octanol–water partition coefficient (Wildman–Crippen LogP) is 4.16. The number of amides is 1. The molecule has 0 bridgehead atoms. The molecular formula is C19H20N4O2S. The van der Waals surface area contributed by atoms with Crippen LogP contribution in [0.25, 0.3) is 10.2 Å². The molecule has 4 rings (SSSR count). The van der Waals surface area contributed by atoms with Crippen molar-refractivity contribution in [1.29, 1.82) is 0 Å². The smallest absolute Gasteiger partial charge is 0.248 e. The Morgan fingerprint density at radius 3 is 2.88 bits per heavy atom. The summed E-state index contributed by atoms with van der Waals surface area (Å²) in [6.45, 7) is 2.04. The van der Waals surface area contributed by atoms with Gasteiger partial charge in [0, 0.05) is 5.56 Å². The number of aryl methyl sites for hydroxylation is 1. The van der Waals surface area contributed by atoms with Crippen LogP contribution in [-0.2, 0) is 0 Å². The molecule has 1 aliphatic carbocycles. The van der Waals surface area contributed by atoms with Crippen molar-refractivity contribution in [3.05, 3.63) is 41.0 Å². The van der Waals surface area contributed by atoms with Crippen LogP contribution in [0.4, 0.5) is 11.5 Å². The van der Waals surface area contributed by atoms with Crippen LogP contribution in [-0.4, -0.2) is 22.0 Å². The SMILES string of the molecule is Cc1csc2ncnc(Nc3ccc(C(N)=O)cc3OC3CCCC3)c12. The second-order valence-electron chi connectivity index (χ2n) is 6.55. The first-order chi connectivity index (χ1) is 12.6. The molecule has 1 saturated carbocycles. The van der Waals surface area contributed by atoms with Gasteiger partial charge in [0.15, 0.2) is 0 Å². The lowest BCUT2D eigenvalue weighted by Crippen LogP contribution is -2.15. The Morgan fingerprint density at radius 2 is 2.12 bits per heavy atom. The van der Waals surface area contributed by atoms with E-state index in [4.69, 9.17) is 10.5 Å². The van der Waals surface area contributed by atoms with Crippen molar-refractivity contribution in [2.75, 3.05) is 5.32 Å². The third kappa shape index (κ3) is 3.22. The zero-order chi connectivity index (χ0) is 18.1. The summed E-state index contributed by atoms with van der Waals surface area (Å²) in [7, 11) is 0. The van der Waals surface area contributed by atoms with E-state index in [2.05, 4.69) is 20.7 Å². The minimum atomic E-state index is -0.467. The number of carbonyl (C=O) groups excluding carboxylic acids is 1. The summed E-state index contributed by atoms with van der Waals surface area (Å²) < 4.78 is 6.18. The minimum Gasteiger partial charge on any atom is -0.488 e. The molecule has 1 aliphatic rings. The number of nitrogens with zero attached hydrogens (tertiary/aromatic N) is 2. The van der Waals surface area contributed by atoms with Crippen molar-refractivity contribution in [3.63, 3.8) is 0 Å². The molecule has 1 aromatic carbocycles. The number of thiophene rings is 1. The number of hydrogen-bond acceptors (Lipinski definition) is 6. The van der Waals surface area contributed by atoms with Gasteiger partial charge in [-0.25, -0.2) is 9.97 Å². The third-order valence-corrected chi connectivity index (χ3v) is 5.67. The van der Waals surface area contributed by atoms with Crippen LogP contribution in [0.3, 0.4) is 0 Å². The van der Waals surface area contributed by atoms with Gasteiger partial charge in [-0.1, -0.05) is 0 Å².